The van der Waals surface area contributed by atoms with E-state index in [9.17, 15) is 15.3 Å². The van der Waals surface area contributed by atoms with E-state index < -0.39 is 41.7 Å². The van der Waals surface area contributed by atoms with E-state index in [-0.39, 0.29) is 0 Å². The minimum absolute atomic E-state index is 0.422. The second-order valence-electron chi connectivity index (χ2n) is 6.37. The smallest absolute Gasteiger partial charge is 0.207 e. The zero-order valence-corrected chi connectivity index (χ0v) is 12.4. The molecule has 0 spiro atoms. The van der Waals surface area contributed by atoms with Gasteiger partial charge >= 0.3 is 0 Å². The molecule has 0 aromatic carbocycles. The minimum Gasteiger partial charge on any atom is -0.394 e. The Bertz CT molecular complexity index is 360. The van der Waals surface area contributed by atoms with Crippen molar-refractivity contribution in [2.45, 2.75) is 69.7 Å². The van der Waals surface area contributed by atoms with Gasteiger partial charge in [-0.25, -0.2) is 0 Å². The fourth-order valence-electron chi connectivity index (χ4n) is 3.27. The standard InChI is InChI=1S/C14H26O6/c1-4-5-6-7-19-11-10(9(16)8-15)20-14(18)12(2,3)13(11,14)17/h9-11,15-18H,4-8H2,1-3H3/t9-,10-,11+,13+,14?/m1/s1. The molecule has 1 heterocycles. The number of rotatable bonds is 7. The first-order chi connectivity index (χ1) is 9.28. The van der Waals surface area contributed by atoms with E-state index in [1.54, 1.807) is 13.8 Å². The molecule has 1 aliphatic carbocycles. The fraction of sp³-hybridized carbons (Fsp3) is 1.00. The minimum atomic E-state index is -1.73. The normalized spacial score (nSPS) is 43.4. The average molecular weight is 290 g/mol. The van der Waals surface area contributed by atoms with Crippen LogP contribution in [0.5, 0.6) is 0 Å². The Morgan fingerprint density at radius 2 is 1.90 bits per heavy atom. The number of hydrogen-bond acceptors (Lipinski definition) is 6. The monoisotopic (exact) mass is 290 g/mol. The lowest BCUT2D eigenvalue weighted by Gasteiger charge is -2.31. The maximum absolute atomic E-state index is 10.7. The molecule has 0 radical (unpaired) electrons. The van der Waals surface area contributed by atoms with E-state index in [2.05, 4.69) is 6.92 Å². The highest BCUT2D eigenvalue weighted by Gasteiger charge is 2.92. The molecule has 2 rings (SSSR count). The highest BCUT2D eigenvalue weighted by molar-refractivity contribution is 5.35. The molecule has 118 valence electrons. The molecule has 2 fully saturated rings. The summed E-state index contributed by atoms with van der Waals surface area (Å²) >= 11 is 0. The molecule has 2 aliphatic rings. The summed E-state index contributed by atoms with van der Waals surface area (Å²) in [5.74, 6) is -1.73. The first kappa shape index (κ1) is 16.1. The van der Waals surface area contributed by atoms with Crippen molar-refractivity contribution in [3.63, 3.8) is 0 Å². The van der Waals surface area contributed by atoms with Crippen molar-refractivity contribution in [3.05, 3.63) is 0 Å². The first-order valence-corrected chi connectivity index (χ1v) is 7.31. The summed E-state index contributed by atoms with van der Waals surface area (Å²) < 4.78 is 11.1. The molecule has 0 bridgehead atoms. The van der Waals surface area contributed by atoms with Crippen molar-refractivity contribution in [2.24, 2.45) is 5.41 Å². The van der Waals surface area contributed by atoms with Gasteiger partial charge in [0.15, 0.2) is 5.60 Å². The van der Waals surface area contributed by atoms with Crippen LogP contribution in [0.3, 0.4) is 0 Å². The number of unbranched alkanes of at least 4 members (excludes halogenated alkanes) is 2. The Morgan fingerprint density at radius 3 is 2.45 bits per heavy atom. The van der Waals surface area contributed by atoms with Gasteiger partial charge in [0.25, 0.3) is 0 Å². The summed E-state index contributed by atoms with van der Waals surface area (Å²) in [4.78, 5) is 0. The van der Waals surface area contributed by atoms with Crippen LogP contribution in [0.1, 0.15) is 40.0 Å². The van der Waals surface area contributed by atoms with Gasteiger partial charge in [0.1, 0.15) is 18.3 Å². The molecule has 4 N–H and O–H groups in total. The Hall–Kier alpha value is -0.240. The Balaban J connectivity index is 2.10. The predicted molar refractivity (Wildman–Crippen MR) is 70.9 cm³/mol. The number of aliphatic hydroxyl groups excluding tert-OH is 2. The second kappa shape index (κ2) is 5.19. The van der Waals surface area contributed by atoms with Crippen molar-refractivity contribution in [3.8, 4) is 0 Å². The molecule has 20 heavy (non-hydrogen) atoms. The van der Waals surface area contributed by atoms with Gasteiger partial charge in [0, 0.05) is 6.61 Å². The van der Waals surface area contributed by atoms with E-state index in [0.29, 0.717) is 6.61 Å². The maximum Gasteiger partial charge on any atom is 0.207 e. The van der Waals surface area contributed by atoms with E-state index >= 15 is 0 Å². The largest absolute Gasteiger partial charge is 0.394 e. The van der Waals surface area contributed by atoms with Gasteiger partial charge in [-0.15, -0.1) is 0 Å². The van der Waals surface area contributed by atoms with Gasteiger partial charge in [-0.3, -0.25) is 0 Å². The van der Waals surface area contributed by atoms with Gasteiger partial charge in [0.05, 0.1) is 12.0 Å². The van der Waals surface area contributed by atoms with Gasteiger partial charge in [-0.05, 0) is 6.42 Å². The summed E-state index contributed by atoms with van der Waals surface area (Å²) in [6, 6.07) is 0. The third kappa shape index (κ3) is 1.86. The van der Waals surface area contributed by atoms with Crippen LogP contribution in [0.4, 0.5) is 0 Å². The molecule has 6 nitrogen and oxygen atoms in total. The van der Waals surface area contributed by atoms with Gasteiger partial charge in [-0.2, -0.15) is 0 Å². The third-order valence-corrected chi connectivity index (χ3v) is 4.88. The highest BCUT2D eigenvalue weighted by atomic mass is 16.7. The van der Waals surface area contributed by atoms with Crippen molar-refractivity contribution in [1.82, 2.24) is 0 Å². The summed E-state index contributed by atoms with van der Waals surface area (Å²) in [5, 5.41) is 40.0. The van der Waals surface area contributed by atoms with E-state index in [1.165, 1.54) is 0 Å². The van der Waals surface area contributed by atoms with Crippen LogP contribution in [0, 0.1) is 5.41 Å². The number of aliphatic hydroxyl groups is 4. The molecule has 1 aliphatic heterocycles. The Kier molecular flexibility index (Phi) is 4.19. The molecular weight excluding hydrogens is 264 g/mol. The number of ether oxygens (including phenoxy) is 2. The molecule has 6 heteroatoms. The van der Waals surface area contributed by atoms with E-state index in [0.717, 1.165) is 19.3 Å². The van der Waals surface area contributed by atoms with Crippen LogP contribution in [0.15, 0.2) is 0 Å². The quantitative estimate of drug-likeness (QED) is 0.484. The zero-order valence-electron chi connectivity index (χ0n) is 12.4. The molecule has 1 unspecified atom stereocenters. The molecule has 0 aromatic heterocycles. The third-order valence-electron chi connectivity index (χ3n) is 4.88. The van der Waals surface area contributed by atoms with Gasteiger partial charge in [0.2, 0.25) is 5.79 Å². The molecule has 1 saturated carbocycles. The average Bonchev–Trinajstić information content (AvgIpc) is 2.65. The highest BCUT2D eigenvalue weighted by Crippen LogP contribution is 2.72. The molecule has 5 atom stereocenters. The number of hydrogen-bond donors (Lipinski definition) is 4. The predicted octanol–water partition coefficient (Wildman–Crippen LogP) is -0.227. The molecule has 0 aromatic rings. The van der Waals surface area contributed by atoms with Crippen molar-refractivity contribution in [1.29, 1.82) is 0 Å². The van der Waals surface area contributed by atoms with Crippen LogP contribution in [0.25, 0.3) is 0 Å². The van der Waals surface area contributed by atoms with Gasteiger partial charge in [-0.1, -0.05) is 33.6 Å². The zero-order chi connectivity index (χ0) is 15.2. The van der Waals surface area contributed by atoms with Gasteiger partial charge < -0.3 is 29.9 Å². The second-order valence-corrected chi connectivity index (χ2v) is 6.37. The topological polar surface area (TPSA) is 99.4 Å². The van der Waals surface area contributed by atoms with Crippen LogP contribution in [0.2, 0.25) is 0 Å². The van der Waals surface area contributed by atoms with Crippen molar-refractivity contribution in [2.75, 3.05) is 13.2 Å². The lowest BCUT2D eigenvalue weighted by molar-refractivity contribution is -0.202. The van der Waals surface area contributed by atoms with Crippen molar-refractivity contribution >= 4 is 0 Å². The molecule has 1 saturated heterocycles. The Labute approximate surface area is 119 Å². The lowest BCUT2D eigenvalue weighted by Crippen LogP contribution is -2.48. The summed E-state index contributed by atoms with van der Waals surface area (Å²) in [7, 11) is 0. The van der Waals surface area contributed by atoms with Crippen molar-refractivity contribution < 1.29 is 29.9 Å². The molecular formula is C14H26O6. The van der Waals surface area contributed by atoms with Crippen LogP contribution in [-0.2, 0) is 9.47 Å². The van der Waals surface area contributed by atoms with E-state index in [1.807, 2.05) is 0 Å². The van der Waals surface area contributed by atoms with Crippen LogP contribution < -0.4 is 0 Å². The lowest BCUT2D eigenvalue weighted by atomic mass is 9.95. The molecule has 0 amide bonds. The summed E-state index contributed by atoms with van der Waals surface area (Å²) in [6.07, 6.45) is -0.0714. The van der Waals surface area contributed by atoms with Crippen LogP contribution in [-0.4, -0.2) is 63.3 Å². The first-order valence-electron chi connectivity index (χ1n) is 7.31. The SMILES string of the molecule is CCCCCO[C@H]1[C@@H]([C@H](O)CO)OC2(O)C(C)(C)[C@@]12O. The Morgan fingerprint density at radius 1 is 1.25 bits per heavy atom. The number of fused-ring (bicyclic) bond motifs is 1. The fourth-order valence-corrected chi connectivity index (χ4v) is 3.27. The van der Waals surface area contributed by atoms with Crippen LogP contribution >= 0.6 is 0 Å². The summed E-state index contributed by atoms with van der Waals surface area (Å²) in [5.41, 5.74) is -2.41. The van der Waals surface area contributed by atoms with E-state index in [4.69, 9.17) is 14.6 Å². The maximum atomic E-state index is 10.7. The summed E-state index contributed by atoms with van der Waals surface area (Å²) in [6.45, 7) is 5.37.